The highest BCUT2D eigenvalue weighted by Gasteiger charge is 2.38. The summed E-state index contributed by atoms with van der Waals surface area (Å²) in [6.45, 7) is 2.54. The highest BCUT2D eigenvalue weighted by molar-refractivity contribution is 6.32. The SMILES string of the molecule is Cc1cc(COc2cc3[nH]c(CNC(=O)N4CC[C@H]4C(F)F)cc3cc2Cl)on1. The number of aromatic nitrogens is 2. The molecule has 0 unspecified atom stereocenters. The number of aryl methyl sites for hydroxylation is 1. The summed E-state index contributed by atoms with van der Waals surface area (Å²) < 4.78 is 36.4. The quantitative estimate of drug-likeness (QED) is 0.619. The zero-order valence-electron chi connectivity index (χ0n) is 15.5. The molecule has 154 valence electrons. The van der Waals surface area contributed by atoms with E-state index in [1.54, 1.807) is 18.2 Å². The third-order valence-electron chi connectivity index (χ3n) is 4.82. The maximum Gasteiger partial charge on any atom is 0.318 e. The molecule has 1 aliphatic heterocycles. The van der Waals surface area contributed by atoms with Crippen LogP contribution in [0.1, 0.15) is 23.6 Å². The summed E-state index contributed by atoms with van der Waals surface area (Å²) in [5.41, 5.74) is 2.26. The summed E-state index contributed by atoms with van der Waals surface area (Å²) in [6, 6.07) is 5.63. The molecule has 1 saturated heterocycles. The number of aromatic amines is 1. The predicted molar refractivity (Wildman–Crippen MR) is 102 cm³/mol. The van der Waals surface area contributed by atoms with E-state index in [-0.39, 0.29) is 13.2 Å². The number of H-pyrrole nitrogens is 1. The molecule has 1 aromatic carbocycles. The first-order valence-electron chi connectivity index (χ1n) is 9.09. The number of carbonyl (C=O) groups is 1. The maximum absolute atomic E-state index is 12.8. The van der Waals surface area contributed by atoms with Crippen molar-refractivity contribution in [3.8, 4) is 5.75 Å². The topological polar surface area (TPSA) is 83.4 Å². The molecule has 0 bridgehead atoms. The van der Waals surface area contributed by atoms with Crippen molar-refractivity contribution in [3.05, 3.63) is 46.4 Å². The van der Waals surface area contributed by atoms with Crippen LogP contribution in [0.5, 0.6) is 5.75 Å². The number of alkyl halides is 2. The Morgan fingerprint density at radius 1 is 1.45 bits per heavy atom. The van der Waals surface area contributed by atoms with Gasteiger partial charge in [0.2, 0.25) is 0 Å². The van der Waals surface area contributed by atoms with Crippen molar-refractivity contribution in [1.82, 2.24) is 20.4 Å². The second-order valence-electron chi connectivity index (χ2n) is 6.93. The summed E-state index contributed by atoms with van der Waals surface area (Å²) in [5, 5.41) is 7.74. The standard InChI is InChI=1S/C19H19ClF2N4O3/c1-10-4-13(29-25-10)9-28-17-7-15-11(6-14(17)20)5-12(24-15)8-23-19(27)26-3-2-16(26)18(21)22/h4-7,16,18,24H,2-3,8-9H2,1H3,(H,23,27)/t16-/m0/s1. The fraction of sp³-hybridized carbons (Fsp3) is 0.368. The molecule has 10 heteroatoms. The molecule has 29 heavy (non-hydrogen) atoms. The highest BCUT2D eigenvalue weighted by atomic mass is 35.5. The van der Waals surface area contributed by atoms with Crippen molar-refractivity contribution in [2.75, 3.05) is 6.54 Å². The molecule has 7 nitrogen and oxygen atoms in total. The van der Waals surface area contributed by atoms with Crippen LogP contribution >= 0.6 is 11.6 Å². The Morgan fingerprint density at radius 2 is 2.28 bits per heavy atom. The fourth-order valence-electron chi connectivity index (χ4n) is 3.23. The molecule has 4 rings (SSSR count). The largest absolute Gasteiger partial charge is 0.484 e. The lowest BCUT2D eigenvalue weighted by Crippen LogP contribution is -2.57. The lowest BCUT2D eigenvalue weighted by molar-refractivity contribution is -0.00919. The summed E-state index contributed by atoms with van der Waals surface area (Å²) >= 11 is 6.29. The molecule has 0 saturated carbocycles. The molecule has 1 fully saturated rings. The van der Waals surface area contributed by atoms with Crippen molar-refractivity contribution in [1.29, 1.82) is 0 Å². The molecule has 2 aromatic heterocycles. The van der Waals surface area contributed by atoms with Crippen molar-refractivity contribution >= 4 is 28.5 Å². The first-order valence-corrected chi connectivity index (χ1v) is 9.47. The molecular formula is C19H19ClF2N4O3. The first-order chi connectivity index (χ1) is 13.9. The van der Waals surface area contributed by atoms with Gasteiger partial charge in [0, 0.05) is 35.3 Å². The Morgan fingerprint density at radius 3 is 2.93 bits per heavy atom. The van der Waals surface area contributed by atoms with Gasteiger partial charge in [-0.15, -0.1) is 0 Å². The van der Waals surface area contributed by atoms with E-state index in [1.165, 1.54) is 0 Å². The van der Waals surface area contributed by atoms with Gasteiger partial charge in [0.15, 0.2) is 5.76 Å². The molecule has 0 spiro atoms. The summed E-state index contributed by atoms with van der Waals surface area (Å²) in [7, 11) is 0. The molecule has 2 N–H and O–H groups in total. The van der Waals surface area contributed by atoms with Crippen LogP contribution in [0.2, 0.25) is 5.02 Å². The number of ether oxygens (including phenoxy) is 1. The Balaban J connectivity index is 1.40. The first kappa shape index (κ1) is 19.5. The Kier molecular flexibility index (Phi) is 5.31. The maximum atomic E-state index is 12.8. The van der Waals surface area contributed by atoms with Crippen LogP contribution in [0.25, 0.3) is 10.9 Å². The number of hydrogen-bond donors (Lipinski definition) is 2. The van der Waals surface area contributed by atoms with E-state index in [2.05, 4.69) is 15.5 Å². The van der Waals surface area contributed by atoms with Crippen LogP contribution < -0.4 is 10.1 Å². The van der Waals surface area contributed by atoms with E-state index in [4.69, 9.17) is 20.9 Å². The number of likely N-dealkylation sites (tertiary alicyclic amines) is 1. The molecule has 2 amide bonds. The third-order valence-corrected chi connectivity index (χ3v) is 5.12. The van der Waals surface area contributed by atoms with Crippen LogP contribution in [0.15, 0.2) is 28.8 Å². The average Bonchev–Trinajstić information content (AvgIpc) is 3.21. The van der Waals surface area contributed by atoms with Crippen LogP contribution in [0.3, 0.4) is 0 Å². The minimum Gasteiger partial charge on any atom is -0.484 e. The van der Waals surface area contributed by atoms with Gasteiger partial charge < -0.3 is 24.5 Å². The number of nitrogens with zero attached hydrogens (tertiary/aromatic N) is 2. The Hall–Kier alpha value is -2.81. The number of benzene rings is 1. The van der Waals surface area contributed by atoms with Crippen LogP contribution in [-0.2, 0) is 13.2 Å². The second-order valence-corrected chi connectivity index (χ2v) is 7.34. The molecule has 1 atom stereocenters. The summed E-state index contributed by atoms with van der Waals surface area (Å²) in [5.74, 6) is 1.06. The summed E-state index contributed by atoms with van der Waals surface area (Å²) in [6.07, 6.45) is -2.20. The zero-order chi connectivity index (χ0) is 20.5. The zero-order valence-corrected chi connectivity index (χ0v) is 16.3. The number of urea groups is 1. The normalized spacial score (nSPS) is 16.3. The van der Waals surface area contributed by atoms with Gasteiger partial charge in [-0.05, 0) is 25.5 Å². The predicted octanol–water partition coefficient (Wildman–Crippen LogP) is 4.25. The number of amides is 2. The minimum absolute atomic E-state index is 0.186. The van der Waals surface area contributed by atoms with Gasteiger partial charge in [0.1, 0.15) is 12.4 Å². The van der Waals surface area contributed by atoms with Gasteiger partial charge in [-0.3, -0.25) is 0 Å². The smallest absolute Gasteiger partial charge is 0.318 e. The molecular weight excluding hydrogens is 406 g/mol. The third kappa shape index (κ3) is 4.14. The molecule has 3 heterocycles. The lowest BCUT2D eigenvalue weighted by atomic mass is 10.1. The molecule has 0 aliphatic carbocycles. The lowest BCUT2D eigenvalue weighted by Gasteiger charge is -2.40. The summed E-state index contributed by atoms with van der Waals surface area (Å²) in [4.78, 5) is 16.4. The monoisotopic (exact) mass is 424 g/mol. The van der Waals surface area contributed by atoms with Gasteiger partial charge in [-0.25, -0.2) is 13.6 Å². The number of halogens is 3. The minimum atomic E-state index is -2.52. The van der Waals surface area contributed by atoms with E-state index < -0.39 is 18.5 Å². The van der Waals surface area contributed by atoms with E-state index in [0.717, 1.165) is 27.2 Å². The molecule has 1 aliphatic rings. The molecule has 0 radical (unpaired) electrons. The van der Waals surface area contributed by atoms with E-state index in [1.807, 2.05) is 13.0 Å². The fourth-order valence-corrected chi connectivity index (χ4v) is 3.45. The number of fused-ring (bicyclic) bond motifs is 1. The van der Waals surface area contributed by atoms with Gasteiger partial charge >= 0.3 is 6.03 Å². The number of carbonyl (C=O) groups excluding carboxylic acids is 1. The van der Waals surface area contributed by atoms with E-state index in [0.29, 0.717) is 29.5 Å². The van der Waals surface area contributed by atoms with Gasteiger partial charge in [0.25, 0.3) is 6.43 Å². The van der Waals surface area contributed by atoms with Gasteiger partial charge in [-0.1, -0.05) is 16.8 Å². The number of rotatable bonds is 6. The van der Waals surface area contributed by atoms with E-state index >= 15 is 0 Å². The average molecular weight is 425 g/mol. The number of hydrogen-bond acceptors (Lipinski definition) is 4. The Bertz CT molecular complexity index is 1040. The van der Waals surface area contributed by atoms with Gasteiger partial charge in [0.05, 0.1) is 23.3 Å². The highest BCUT2D eigenvalue weighted by Crippen LogP contribution is 2.31. The van der Waals surface area contributed by atoms with Crippen LogP contribution in [0, 0.1) is 6.92 Å². The molecule has 3 aromatic rings. The van der Waals surface area contributed by atoms with Gasteiger partial charge in [-0.2, -0.15) is 0 Å². The van der Waals surface area contributed by atoms with Crippen LogP contribution in [-0.4, -0.2) is 40.1 Å². The van der Waals surface area contributed by atoms with Crippen LogP contribution in [0.4, 0.5) is 13.6 Å². The van der Waals surface area contributed by atoms with Crippen molar-refractivity contribution in [3.63, 3.8) is 0 Å². The van der Waals surface area contributed by atoms with E-state index in [9.17, 15) is 13.6 Å². The second kappa shape index (κ2) is 7.90. The van der Waals surface area contributed by atoms with Crippen molar-refractivity contribution in [2.24, 2.45) is 0 Å². The van der Waals surface area contributed by atoms with Crippen molar-refractivity contribution in [2.45, 2.75) is 39.0 Å². The Labute approximate surface area is 169 Å². The van der Waals surface area contributed by atoms with Crippen molar-refractivity contribution < 1.29 is 22.8 Å². The number of nitrogens with one attached hydrogen (secondary N) is 2.